The van der Waals surface area contributed by atoms with Crippen LogP contribution in [-0.2, 0) is 18.9 Å². The van der Waals surface area contributed by atoms with Gasteiger partial charge in [0.1, 0.15) is 13.6 Å². The normalized spacial score (nSPS) is 19.4. The molecule has 41 heavy (non-hydrogen) atoms. The lowest BCUT2D eigenvalue weighted by atomic mass is 9.92. The Morgan fingerprint density at radius 3 is 1.80 bits per heavy atom. The number of hydrogen-bond acceptors (Lipinski definition) is 6. The van der Waals surface area contributed by atoms with Crippen molar-refractivity contribution in [3.05, 3.63) is 69.4 Å². The van der Waals surface area contributed by atoms with Crippen molar-refractivity contribution in [1.82, 2.24) is 0 Å². The van der Waals surface area contributed by atoms with Gasteiger partial charge in [0.2, 0.25) is 0 Å². The van der Waals surface area contributed by atoms with E-state index in [1.807, 2.05) is 0 Å². The Kier molecular flexibility index (Phi) is 8.03. The van der Waals surface area contributed by atoms with Gasteiger partial charge in [-0.25, -0.2) is 0 Å². The molecule has 4 nitrogen and oxygen atoms in total. The van der Waals surface area contributed by atoms with Crippen LogP contribution in [0.1, 0.15) is 46.9 Å². The Morgan fingerprint density at radius 1 is 0.683 bits per heavy atom. The minimum absolute atomic E-state index is 0.105. The summed E-state index contributed by atoms with van der Waals surface area (Å²) in [6, 6.07) is 12.8. The summed E-state index contributed by atoms with van der Waals surface area (Å²) in [6.45, 7) is 2.61. The Balaban J connectivity index is 1.92. The first-order chi connectivity index (χ1) is 19.4. The molecule has 2 atom stereocenters. The highest BCUT2D eigenvalue weighted by atomic mass is 32.1. The largest absolute Gasteiger partial charge is 0.380 e. The standard InChI is InChI=1S/C29H26F6O4S2/c1-15(38-13-36-3)21-17-9-5-7-11-19(17)41-26(21)24-23(27(30,31)29(34,35)28(24,32)33)22-18-10-6-8-12-20(18)40-25(22)16(2)39-14-37-4/h5-12,15-16H,13-14H2,1-4H3/t15-,16-/m1/s1. The maximum absolute atomic E-state index is 16.0. The summed E-state index contributed by atoms with van der Waals surface area (Å²) >= 11 is 1.77. The van der Waals surface area contributed by atoms with Crippen molar-refractivity contribution in [2.75, 3.05) is 27.8 Å². The van der Waals surface area contributed by atoms with Gasteiger partial charge in [-0.2, -0.15) is 26.3 Å². The minimum atomic E-state index is -5.72. The van der Waals surface area contributed by atoms with Crippen LogP contribution in [0.2, 0.25) is 0 Å². The highest BCUT2D eigenvalue weighted by Crippen LogP contribution is 2.67. The third-order valence-electron chi connectivity index (χ3n) is 7.05. The van der Waals surface area contributed by atoms with Gasteiger partial charge >= 0.3 is 17.8 Å². The second kappa shape index (κ2) is 11.0. The SMILES string of the molecule is COCO[C@H](C)c1sc2ccccc2c1C1=C(c2sc3ccccc3c2[C@@H](C)OCOC)C(F)(F)C(F)(F)C1(F)F. The fourth-order valence-corrected chi connectivity index (χ4v) is 7.71. The van der Waals surface area contributed by atoms with Crippen LogP contribution in [0.25, 0.3) is 31.3 Å². The lowest BCUT2D eigenvalue weighted by molar-refractivity contribution is -0.254. The molecular formula is C29H26F6O4S2. The zero-order valence-electron chi connectivity index (χ0n) is 22.4. The molecule has 2 aromatic carbocycles. The quantitative estimate of drug-likeness (QED) is 0.131. The lowest BCUT2D eigenvalue weighted by Crippen LogP contribution is -2.49. The third-order valence-corrected chi connectivity index (χ3v) is 9.58. The van der Waals surface area contributed by atoms with E-state index < -0.39 is 46.0 Å². The van der Waals surface area contributed by atoms with Crippen molar-refractivity contribution in [3.8, 4) is 0 Å². The number of halogens is 6. The Hall–Kier alpha value is -2.48. The second-order valence-electron chi connectivity index (χ2n) is 9.58. The predicted octanol–water partition coefficient (Wildman–Crippen LogP) is 9.31. The fourth-order valence-electron chi connectivity index (χ4n) is 5.13. The van der Waals surface area contributed by atoms with E-state index >= 15 is 26.3 Å². The molecule has 0 radical (unpaired) electrons. The minimum Gasteiger partial charge on any atom is -0.359 e. The van der Waals surface area contributed by atoms with Crippen molar-refractivity contribution >= 4 is 54.0 Å². The molecule has 4 aromatic rings. The van der Waals surface area contributed by atoms with Crippen LogP contribution in [-0.4, -0.2) is 45.6 Å². The van der Waals surface area contributed by atoms with Gasteiger partial charge < -0.3 is 18.9 Å². The van der Waals surface area contributed by atoms with Gasteiger partial charge in [0.25, 0.3) is 0 Å². The molecule has 0 N–H and O–H groups in total. The Labute approximate surface area is 240 Å². The van der Waals surface area contributed by atoms with Crippen molar-refractivity contribution in [2.45, 2.75) is 43.8 Å². The smallest absolute Gasteiger partial charge is 0.359 e. The molecule has 12 heteroatoms. The average Bonchev–Trinajstić information content (AvgIpc) is 3.53. The molecule has 2 heterocycles. The number of rotatable bonds is 10. The zero-order valence-corrected chi connectivity index (χ0v) is 24.0. The van der Waals surface area contributed by atoms with Gasteiger partial charge in [-0.05, 0) is 31.4 Å². The maximum Gasteiger partial charge on any atom is 0.380 e. The highest BCUT2D eigenvalue weighted by molar-refractivity contribution is 7.20. The van der Waals surface area contributed by atoms with Crippen molar-refractivity contribution < 1.29 is 45.3 Å². The molecule has 220 valence electrons. The van der Waals surface area contributed by atoms with Crippen molar-refractivity contribution in [1.29, 1.82) is 0 Å². The van der Waals surface area contributed by atoms with Gasteiger partial charge in [-0.15, -0.1) is 22.7 Å². The van der Waals surface area contributed by atoms with Crippen LogP contribution in [0, 0.1) is 0 Å². The molecule has 0 spiro atoms. The number of fused-ring (bicyclic) bond motifs is 2. The first kappa shape index (κ1) is 30.0. The van der Waals surface area contributed by atoms with Gasteiger partial charge in [0.05, 0.1) is 17.8 Å². The summed E-state index contributed by atoms with van der Waals surface area (Å²) in [5.41, 5.74) is -3.12. The number of alkyl halides is 6. The predicted molar refractivity (Wildman–Crippen MR) is 148 cm³/mol. The van der Waals surface area contributed by atoms with Gasteiger partial charge in [-0.3, -0.25) is 0 Å². The van der Waals surface area contributed by atoms with Crippen LogP contribution >= 0.6 is 22.7 Å². The van der Waals surface area contributed by atoms with Crippen molar-refractivity contribution in [3.63, 3.8) is 0 Å². The summed E-state index contributed by atoms with van der Waals surface area (Å²) < 4.78 is 117. The van der Waals surface area contributed by atoms with E-state index in [1.54, 1.807) is 36.4 Å². The third kappa shape index (κ3) is 4.59. The Morgan fingerprint density at radius 2 is 1.20 bits per heavy atom. The van der Waals surface area contributed by atoms with Crippen LogP contribution in [0.15, 0.2) is 48.5 Å². The number of ether oxygens (including phenoxy) is 4. The number of allylic oxidation sites excluding steroid dienone is 2. The van der Waals surface area contributed by atoms with Gasteiger partial charge in [-0.1, -0.05) is 36.4 Å². The van der Waals surface area contributed by atoms with Gasteiger partial charge in [0, 0.05) is 55.5 Å². The second-order valence-corrected chi connectivity index (χ2v) is 11.7. The van der Waals surface area contributed by atoms with Crippen molar-refractivity contribution in [2.24, 2.45) is 0 Å². The molecule has 0 amide bonds. The van der Waals surface area contributed by atoms with Gasteiger partial charge in [0.15, 0.2) is 0 Å². The molecule has 0 aliphatic heterocycles. The molecule has 0 saturated carbocycles. The first-order valence-corrected chi connectivity index (χ1v) is 14.2. The van der Waals surface area contributed by atoms with E-state index in [0.29, 0.717) is 14.8 Å². The number of thiophene rings is 2. The number of benzene rings is 2. The summed E-state index contributed by atoms with van der Waals surface area (Å²) in [4.78, 5) is -0.284. The van der Waals surface area contributed by atoms with E-state index in [1.165, 1.54) is 40.2 Å². The molecule has 2 aromatic heterocycles. The maximum atomic E-state index is 16.0. The summed E-state index contributed by atoms with van der Waals surface area (Å²) in [6.07, 6.45) is -1.88. The molecule has 5 rings (SSSR count). The lowest BCUT2D eigenvalue weighted by Gasteiger charge is -2.26. The molecular weight excluding hydrogens is 590 g/mol. The topological polar surface area (TPSA) is 36.9 Å². The van der Waals surface area contributed by atoms with Crippen LogP contribution in [0.5, 0.6) is 0 Å². The van der Waals surface area contributed by atoms with E-state index in [9.17, 15) is 0 Å². The number of hydrogen-bond donors (Lipinski definition) is 0. The summed E-state index contributed by atoms with van der Waals surface area (Å²) in [7, 11) is 2.73. The van der Waals surface area contributed by atoms with Crippen LogP contribution < -0.4 is 0 Å². The fraction of sp³-hybridized carbons (Fsp3) is 0.379. The molecule has 0 saturated heterocycles. The summed E-state index contributed by atoms with van der Waals surface area (Å²) in [5.74, 6) is -16.2. The highest BCUT2D eigenvalue weighted by Gasteiger charge is 2.81. The molecule has 0 unspecified atom stereocenters. The molecule has 1 aliphatic carbocycles. The van der Waals surface area contributed by atoms with E-state index in [4.69, 9.17) is 18.9 Å². The average molecular weight is 617 g/mol. The molecule has 0 bridgehead atoms. The van der Waals surface area contributed by atoms with E-state index in [0.717, 1.165) is 22.7 Å². The Bertz CT molecular complexity index is 1610. The van der Waals surface area contributed by atoms with Crippen LogP contribution in [0.3, 0.4) is 0 Å². The van der Waals surface area contributed by atoms with Crippen LogP contribution in [0.4, 0.5) is 26.3 Å². The summed E-state index contributed by atoms with van der Waals surface area (Å²) in [5, 5.41) is 0.580. The van der Waals surface area contributed by atoms with E-state index in [2.05, 4.69) is 0 Å². The number of methoxy groups -OCH3 is 2. The molecule has 0 fully saturated rings. The molecule has 1 aliphatic rings. The first-order valence-electron chi connectivity index (χ1n) is 12.5. The van der Waals surface area contributed by atoms with E-state index in [-0.39, 0.29) is 35.0 Å². The monoisotopic (exact) mass is 616 g/mol. The zero-order chi connectivity index (χ0) is 29.7.